The molecule has 0 bridgehead atoms. The molecule has 0 spiro atoms. The Bertz CT molecular complexity index is 776. The number of nitrogens with zero attached hydrogens (tertiary/aromatic N) is 1. The van der Waals surface area contributed by atoms with Crippen LogP contribution in [0.4, 0.5) is 0 Å². The molecule has 0 aliphatic heterocycles. The first kappa shape index (κ1) is 19.0. The smallest absolute Gasteiger partial charge is 0.260 e. The van der Waals surface area contributed by atoms with E-state index in [-0.39, 0.29) is 18.3 Å². The van der Waals surface area contributed by atoms with E-state index >= 15 is 0 Å². The molecule has 0 atom stereocenters. The highest BCUT2D eigenvalue weighted by Crippen LogP contribution is 2.25. The van der Waals surface area contributed by atoms with Crippen molar-refractivity contribution in [3.63, 3.8) is 0 Å². The Kier molecular flexibility index (Phi) is 6.58. The largest absolute Gasteiger partial charge is 0.497 e. The maximum Gasteiger partial charge on any atom is 0.260 e. The van der Waals surface area contributed by atoms with Gasteiger partial charge in [-0.2, -0.15) is 0 Å². The van der Waals surface area contributed by atoms with Crippen molar-refractivity contribution >= 4 is 27.6 Å². The van der Waals surface area contributed by atoms with Gasteiger partial charge in [0.05, 0.1) is 12.7 Å². The van der Waals surface area contributed by atoms with E-state index in [9.17, 15) is 9.59 Å². The number of methoxy groups -OCH3 is 1. The molecule has 2 aromatic carbocycles. The molecular formula is C19H20BrNO4. The Balaban J connectivity index is 2.04. The molecule has 0 unspecified atom stereocenters. The Hall–Kier alpha value is -2.34. The van der Waals surface area contributed by atoms with Gasteiger partial charge in [-0.05, 0) is 30.7 Å². The van der Waals surface area contributed by atoms with E-state index in [1.54, 1.807) is 30.1 Å². The van der Waals surface area contributed by atoms with Crippen molar-refractivity contribution in [1.29, 1.82) is 0 Å². The molecule has 0 aliphatic rings. The number of rotatable bonds is 7. The number of benzene rings is 2. The second-order valence-electron chi connectivity index (χ2n) is 5.55. The van der Waals surface area contributed by atoms with Crippen molar-refractivity contribution in [2.75, 3.05) is 20.8 Å². The SMILES string of the molecule is COc1ccc(C(C)=O)c(OCC(=O)N(C)Cc2ccccc2Br)c1. The van der Waals surface area contributed by atoms with Crippen LogP contribution in [0.3, 0.4) is 0 Å². The molecule has 6 heteroatoms. The van der Waals surface area contributed by atoms with Gasteiger partial charge in [0.1, 0.15) is 11.5 Å². The number of ketones is 1. The number of hydrogen-bond acceptors (Lipinski definition) is 4. The van der Waals surface area contributed by atoms with E-state index in [1.807, 2.05) is 24.3 Å². The van der Waals surface area contributed by atoms with Crippen LogP contribution in [0.15, 0.2) is 46.9 Å². The van der Waals surface area contributed by atoms with Crippen LogP contribution in [0.2, 0.25) is 0 Å². The van der Waals surface area contributed by atoms with E-state index < -0.39 is 0 Å². The highest BCUT2D eigenvalue weighted by Gasteiger charge is 2.15. The fourth-order valence-electron chi connectivity index (χ4n) is 2.26. The van der Waals surface area contributed by atoms with Gasteiger partial charge in [0.15, 0.2) is 12.4 Å². The maximum absolute atomic E-state index is 12.3. The van der Waals surface area contributed by atoms with Crippen LogP contribution in [-0.4, -0.2) is 37.4 Å². The highest BCUT2D eigenvalue weighted by atomic mass is 79.9. The monoisotopic (exact) mass is 405 g/mol. The first-order valence-corrected chi connectivity index (χ1v) is 8.50. The number of hydrogen-bond donors (Lipinski definition) is 0. The summed E-state index contributed by atoms with van der Waals surface area (Å²) in [7, 11) is 3.24. The fourth-order valence-corrected chi connectivity index (χ4v) is 2.67. The van der Waals surface area contributed by atoms with Crippen molar-refractivity contribution < 1.29 is 19.1 Å². The molecular weight excluding hydrogens is 386 g/mol. The summed E-state index contributed by atoms with van der Waals surface area (Å²) >= 11 is 3.47. The number of carbonyl (C=O) groups excluding carboxylic acids is 2. The molecule has 5 nitrogen and oxygen atoms in total. The van der Waals surface area contributed by atoms with Crippen LogP contribution >= 0.6 is 15.9 Å². The second kappa shape index (κ2) is 8.67. The zero-order valence-corrected chi connectivity index (χ0v) is 16.0. The third kappa shape index (κ3) is 5.06. The number of Topliss-reactive ketones (excluding diaryl/α,β-unsaturated/α-hetero) is 1. The van der Waals surface area contributed by atoms with E-state index in [0.29, 0.717) is 23.6 Å². The number of likely N-dealkylation sites (N-methyl/N-ethyl adjacent to an activating group) is 1. The van der Waals surface area contributed by atoms with Crippen LogP contribution in [0.5, 0.6) is 11.5 Å². The normalized spacial score (nSPS) is 10.2. The topological polar surface area (TPSA) is 55.8 Å². The standard InChI is InChI=1S/C19H20BrNO4/c1-13(22)16-9-8-15(24-3)10-18(16)25-12-19(23)21(2)11-14-6-4-5-7-17(14)20/h4-10H,11-12H2,1-3H3. The lowest BCUT2D eigenvalue weighted by Gasteiger charge is -2.19. The third-order valence-electron chi connectivity index (χ3n) is 3.71. The van der Waals surface area contributed by atoms with Crippen molar-refractivity contribution in [2.45, 2.75) is 13.5 Å². The van der Waals surface area contributed by atoms with E-state index in [1.165, 1.54) is 14.0 Å². The summed E-state index contributed by atoms with van der Waals surface area (Å²) < 4.78 is 11.7. The predicted octanol–water partition coefficient (Wildman–Crippen LogP) is 3.70. The quantitative estimate of drug-likeness (QED) is 0.659. The van der Waals surface area contributed by atoms with Gasteiger partial charge in [-0.3, -0.25) is 9.59 Å². The molecule has 0 N–H and O–H groups in total. The van der Waals surface area contributed by atoms with Crippen LogP contribution < -0.4 is 9.47 Å². The molecule has 0 saturated heterocycles. The van der Waals surface area contributed by atoms with Gasteiger partial charge < -0.3 is 14.4 Å². The number of carbonyl (C=O) groups is 2. The molecule has 0 saturated carbocycles. The Labute approximate surface area is 155 Å². The Morgan fingerprint density at radius 3 is 2.52 bits per heavy atom. The van der Waals surface area contributed by atoms with Crippen molar-refractivity contribution in [2.24, 2.45) is 0 Å². The molecule has 1 amide bonds. The van der Waals surface area contributed by atoms with Crippen LogP contribution in [0, 0.1) is 0 Å². The molecule has 0 fully saturated rings. The number of ether oxygens (including phenoxy) is 2. The van der Waals surface area contributed by atoms with Gasteiger partial charge in [0.25, 0.3) is 5.91 Å². The first-order chi connectivity index (χ1) is 11.9. The third-order valence-corrected chi connectivity index (χ3v) is 4.48. The second-order valence-corrected chi connectivity index (χ2v) is 6.40. The molecule has 0 radical (unpaired) electrons. The zero-order valence-electron chi connectivity index (χ0n) is 14.4. The van der Waals surface area contributed by atoms with Gasteiger partial charge in [0, 0.05) is 24.1 Å². The van der Waals surface area contributed by atoms with Crippen molar-refractivity contribution in [1.82, 2.24) is 4.90 Å². The van der Waals surface area contributed by atoms with E-state index in [4.69, 9.17) is 9.47 Å². The molecule has 2 rings (SSSR count). The van der Waals surface area contributed by atoms with E-state index in [0.717, 1.165) is 10.0 Å². The summed E-state index contributed by atoms with van der Waals surface area (Å²) in [5.74, 6) is 0.586. The van der Waals surface area contributed by atoms with Crippen LogP contribution in [0.25, 0.3) is 0 Å². The van der Waals surface area contributed by atoms with Gasteiger partial charge in [-0.15, -0.1) is 0 Å². The van der Waals surface area contributed by atoms with Crippen LogP contribution in [0.1, 0.15) is 22.8 Å². The molecule has 0 aliphatic carbocycles. The van der Waals surface area contributed by atoms with Gasteiger partial charge in [-0.1, -0.05) is 34.1 Å². The molecule has 2 aromatic rings. The maximum atomic E-state index is 12.3. The number of halogens is 1. The Morgan fingerprint density at radius 2 is 1.88 bits per heavy atom. The van der Waals surface area contributed by atoms with Crippen molar-refractivity contribution in [3.05, 3.63) is 58.1 Å². The summed E-state index contributed by atoms with van der Waals surface area (Å²) in [5, 5.41) is 0. The van der Waals surface area contributed by atoms with Crippen molar-refractivity contribution in [3.8, 4) is 11.5 Å². The molecule has 0 heterocycles. The highest BCUT2D eigenvalue weighted by molar-refractivity contribution is 9.10. The average molecular weight is 406 g/mol. The zero-order chi connectivity index (χ0) is 18.4. The summed E-state index contributed by atoms with van der Waals surface area (Å²) in [6.07, 6.45) is 0. The lowest BCUT2D eigenvalue weighted by atomic mass is 10.1. The van der Waals surface area contributed by atoms with E-state index in [2.05, 4.69) is 15.9 Å². The minimum absolute atomic E-state index is 0.133. The average Bonchev–Trinajstić information content (AvgIpc) is 2.61. The lowest BCUT2D eigenvalue weighted by Crippen LogP contribution is -2.31. The summed E-state index contributed by atoms with van der Waals surface area (Å²) in [4.78, 5) is 25.6. The first-order valence-electron chi connectivity index (χ1n) is 7.71. The molecule has 132 valence electrons. The molecule has 0 aromatic heterocycles. The fraction of sp³-hybridized carbons (Fsp3) is 0.263. The van der Waals surface area contributed by atoms with Gasteiger partial charge >= 0.3 is 0 Å². The minimum Gasteiger partial charge on any atom is -0.497 e. The van der Waals surface area contributed by atoms with Gasteiger partial charge in [-0.25, -0.2) is 0 Å². The summed E-state index contributed by atoms with van der Waals surface area (Å²) in [6.45, 7) is 1.76. The van der Waals surface area contributed by atoms with Gasteiger partial charge in [0.2, 0.25) is 0 Å². The Morgan fingerprint density at radius 1 is 1.16 bits per heavy atom. The summed E-state index contributed by atoms with van der Waals surface area (Å²) in [5.41, 5.74) is 1.42. The lowest BCUT2D eigenvalue weighted by molar-refractivity contribution is -0.132. The van der Waals surface area contributed by atoms with Crippen LogP contribution in [-0.2, 0) is 11.3 Å². The summed E-state index contributed by atoms with van der Waals surface area (Å²) in [6, 6.07) is 12.6. The number of amides is 1. The predicted molar refractivity (Wildman–Crippen MR) is 99.1 cm³/mol. The molecule has 25 heavy (non-hydrogen) atoms. The minimum atomic E-state index is -0.187.